The number of ether oxygens (including phenoxy) is 3. The summed E-state index contributed by atoms with van der Waals surface area (Å²) in [5.74, 6) is -0.120. The Morgan fingerprint density at radius 2 is 1.89 bits per heavy atom. The summed E-state index contributed by atoms with van der Waals surface area (Å²) in [5.41, 5.74) is -2.80. The second-order valence-electron chi connectivity index (χ2n) is 15.8. The molecule has 0 bridgehead atoms. The molecule has 5 rings (SSSR count). The topological polar surface area (TPSA) is 138 Å². The lowest BCUT2D eigenvalue weighted by atomic mass is 9.46. The molecule has 4 aliphatic carbocycles. The number of carbonyl (C=O) groups is 1. The normalized spacial score (nSPS) is 44.7. The van der Waals surface area contributed by atoms with E-state index in [1.807, 2.05) is 0 Å². The van der Waals surface area contributed by atoms with Gasteiger partial charge in [0, 0.05) is 50.7 Å². The van der Waals surface area contributed by atoms with E-state index in [1.54, 1.807) is 27.0 Å². The van der Waals surface area contributed by atoms with Gasteiger partial charge in [-0.3, -0.25) is 4.79 Å². The summed E-state index contributed by atoms with van der Waals surface area (Å²) < 4.78 is 17.4. The van der Waals surface area contributed by atoms with E-state index in [2.05, 4.69) is 26.1 Å². The number of aliphatic hydroxyl groups is 4. The van der Waals surface area contributed by atoms with Crippen LogP contribution < -0.4 is 5.32 Å². The highest BCUT2D eigenvalue weighted by Gasteiger charge is 2.69. The fourth-order valence-electron chi connectivity index (χ4n) is 10.3. The number of nitrogens with one attached hydrogen (secondary N) is 1. The molecular weight excluding hydrogens is 562 g/mol. The number of ketones is 1. The predicted octanol–water partition coefficient (Wildman–Crippen LogP) is 3.01. The van der Waals surface area contributed by atoms with E-state index in [1.165, 1.54) is 0 Å². The van der Waals surface area contributed by atoms with Crippen molar-refractivity contribution >= 4 is 5.78 Å². The molecule has 1 aliphatic heterocycles. The summed E-state index contributed by atoms with van der Waals surface area (Å²) in [5, 5.41) is 49.6. The van der Waals surface area contributed by atoms with E-state index < -0.39 is 34.9 Å². The molecule has 5 N–H and O–H groups in total. The number of methoxy groups -OCH3 is 1. The van der Waals surface area contributed by atoms with Gasteiger partial charge < -0.3 is 40.0 Å². The predicted molar refractivity (Wildman–Crippen MR) is 167 cm³/mol. The van der Waals surface area contributed by atoms with Crippen LogP contribution in [0.15, 0.2) is 11.6 Å². The zero-order valence-electron chi connectivity index (χ0n) is 27.9. The van der Waals surface area contributed by atoms with Crippen LogP contribution in [0.1, 0.15) is 86.0 Å². The molecule has 44 heavy (non-hydrogen) atoms. The highest BCUT2D eigenvalue weighted by Crippen LogP contribution is 2.68. The largest absolute Gasteiger partial charge is 0.392 e. The average molecular weight is 622 g/mol. The number of hydrogen-bond donors (Lipinski definition) is 5. The second-order valence-corrected chi connectivity index (χ2v) is 15.8. The summed E-state index contributed by atoms with van der Waals surface area (Å²) in [6, 6.07) is 0. The Morgan fingerprint density at radius 1 is 1.14 bits per heavy atom. The summed E-state index contributed by atoms with van der Waals surface area (Å²) in [6.07, 6.45) is 5.58. The van der Waals surface area contributed by atoms with Gasteiger partial charge in [-0.1, -0.05) is 20.8 Å². The fourth-order valence-corrected chi connectivity index (χ4v) is 10.3. The van der Waals surface area contributed by atoms with Crippen molar-refractivity contribution in [3.63, 3.8) is 0 Å². The molecule has 1 saturated heterocycles. The van der Waals surface area contributed by atoms with Crippen LogP contribution in [0, 0.1) is 40.4 Å². The Kier molecular flexibility index (Phi) is 10.1. The third kappa shape index (κ3) is 5.76. The first-order valence-electron chi connectivity index (χ1n) is 17.2. The maximum Gasteiger partial charge on any atom is 0.159 e. The number of aliphatic hydroxyl groups excluding tert-OH is 2. The first-order valence-corrected chi connectivity index (χ1v) is 17.2. The van der Waals surface area contributed by atoms with E-state index in [0.29, 0.717) is 52.2 Å². The second kappa shape index (κ2) is 12.9. The summed E-state index contributed by atoms with van der Waals surface area (Å²) in [6.45, 7) is 12.7. The minimum absolute atomic E-state index is 0.0197. The molecule has 1 heterocycles. The van der Waals surface area contributed by atoms with Gasteiger partial charge in [-0.15, -0.1) is 0 Å². The molecule has 13 atom stereocenters. The summed E-state index contributed by atoms with van der Waals surface area (Å²) in [4.78, 5) is 13.8. The average Bonchev–Trinajstić information content (AvgIpc) is 3.47. The van der Waals surface area contributed by atoms with Gasteiger partial charge in [0.1, 0.15) is 6.10 Å². The third-order valence-electron chi connectivity index (χ3n) is 13.0. The third-order valence-corrected chi connectivity index (χ3v) is 13.0. The lowest BCUT2D eigenvalue weighted by molar-refractivity contribution is -0.193. The van der Waals surface area contributed by atoms with E-state index in [4.69, 9.17) is 14.2 Å². The van der Waals surface area contributed by atoms with Gasteiger partial charge in [-0.05, 0) is 100 Å². The van der Waals surface area contributed by atoms with Crippen LogP contribution in [0.2, 0.25) is 0 Å². The van der Waals surface area contributed by atoms with Gasteiger partial charge in [0.15, 0.2) is 5.78 Å². The molecule has 0 aromatic heterocycles. The molecule has 0 aromatic carbocycles. The molecule has 0 unspecified atom stereocenters. The van der Waals surface area contributed by atoms with Crippen LogP contribution in [0.4, 0.5) is 0 Å². The number of allylic oxidation sites excluding steroid dienone is 1. The number of carbonyl (C=O) groups excluding carboxylic acids is 1. The van der Waals surface area contributed by atoms with Crippen molar-refractivity contribution in [2.75, 3.05) is 40.0 Å². The van der Waals surface area contributed by atoms with E-state index in [0.717, 1.165) is 37.7 Å². The molecule has 252 valence electrons. The molecule has 4 fully saturated rings. The van der Waals surface area contributed by atoms with Crippen molar-refractivity contribution < 1.29 is 39.4 Å². The van der Waals surface area contributed by atoms with Crippen LogP contribution in [0.25, 0.3) is 0 Å². The van der Waals surface area contributed by atoms with E-state index in [9.17, 15) is 25.2 Å². The summed E-state index contributed by atoms with van der Waals surface area (Å²) >= 11 is 0. The van der Waals surface area contributed by atoms with Gasteiger partial charge in [0.05, 0.1) is 36.1 Å². The van der Waals surface area contributed by atoms with Crippen molar-refractivity contribution in [3.8, 4) is 0 Å². The zero-order valence-corrected chi connectivity index (χ0v) is 27.9. The lowest BCUT2D eigenvalue weighted by Gasteiger charge is -2.60. The number of hydrogen-bond acceptors (Lipinski definition) is 9. The molecule has 0 amide bonds. The molecule has 9 nitrogen and oxygen atoms in total. The fraction of sp³-hybridized carbons (Fsp3) is 0.914. The monoisotopic (exact) mass is 621 g/mol. The number of fused-ring (bicyclic) bond motifs is 5. The van der Waals surface area contributed by atoms with Crippen molar-refractivity contribution in [2.24, 2.45) is 40.4 Å². The molecule has 5 aliphatic rings. The zero-order chi connectivity index (χ0) is 32.1. The van der Waals surface area contributed by atoms with E-state index in [-0.39, 0.29) is 46.9 Å². The van der Waals surface area contributed by atoms with Crippen LogP contribution in [-0.2, 0) is 19.0 Å². The first-order chi connectivity index (χ1) is 20.7. The Labute approximate surface area is 264 Å². The van der Waals surface area contributed by atoms with E-state index >= 15 is 0 Å². The van der Waals surface area contributed by atoms with Crippen molar-refractivity contribution in [1.82, 2.24) is 5.32 Å². The standard InChI is InChI=1S/C35H59NO8/c1-21-20-44-30(24(21)19-36-18-22(2)37)31(39)34(5,40)29-10-13-35(41)26-17-28(38)27-16-23(43-15-7-14-42-6)8-11-32(27,3)25(26)9-12-33(29,35)4/h17,21-25,27,29-31,36-37,39-41H,7-16,18-20H2,1-6H3/t21-,22-,23-,24+,25-,27-,29-,30-,31+,32+,33+,34-,35+/m0/s1. The van der Waals surface area contributed by atoms with Gasteiger partial charge in [-0.25, -0.2) is 0 Å². The van der Waals surface area contributed by atoms with Crippen LogP contribution in [0.3, 0.4) is 0 Å². The Morgan fingerprint density at radius 3 is 2.59 bits per heavy atom. The lowest BCUT2D eigenvalue weighted by Crippen LogP contribution is -2.63. The smallest absolute Gasteiger partial charge is 0.159 e. The molecule has 3 saturated carbocycles. The van der Waals surface area contributed by atoms with Gasteiger partial charge >= 0.3 is 0 Å². The SMILES string of the molecule is COCCCO[C@H]1CC[C@@]2(C)[C@@H](C1)C(=O)C=C1[C@@H]2CC[C@]2(C)[C@@H]([C@](C)(O)[C@H](O)[C@H]3OC[C@H](C)[C@H]3CNC[C@H](C)O)CC[C@@]12O. The Balaban J connectivity index is 1.34. The highest BCUT2D eigenvalue weighted by molar-refractivity contribution is 5.95. The van der Waals surface area contributed by atoms with Crippen LogP contribution in [-0.4, -0.2) is 102 Å². The van der Waals surface area contributed by atoms with Crippen molar-refractivity contribution in [1.29, 1.82) is 0 Å². The molecule has 0 radical (unpaired) electrons. The maximum atomic E-state index is 13.8. The van der Waals surface area contributed by atoms with Gasteiger partial charge in [0.25, 0.3) is 0 Å². The van der Waals surface area contributed by atoms with Crippen LogP contribution >= 0.6 is 0 Å². The number of rotatable bonds is 12. The molecule has 9 heteroatoms. The van der Waals surface area contributed by atoms with Crippen molar-refractivity contribution in [3.05, 3.63) is 11.6 Å². The Bertz CT molecular complexity index is 1060. The molecule has 0 spiro atoms. The Hall–Kier alpha value is -0.910. The summed E-state index contributed by atoms with van der Waals surface area (Å²) in [7, 11) is 1.69. The minimum atomic E-state index is -1.51. The highest BCUT2D eigenvalue weighted by atomic mass is 16.5. The van der Waals surface area contributed by atoms with Crippen molar-refractivity contribution in [2.45, 2.75) is 122 Å². The maximum absolute atomic E-state index is 13.8. The van der Waals surface area contributed by atoms with Gasteiger partial charge in [0.2, 0.25) is 0 Å². The molecular formula is C35H59NO8. The van der Waals surface area contributed by atoms with Gasteiger partial charge in [-0.2, -0.15) is 0 Å². The minimum Gasteiger partial charge on any atom is -0.392 e. The molecule has 0 aromatic rings. The quantitative estimate of drug-likeness (QED) is 0.208. The first kappa shape index (κ1) is 34.4. The van der Waals surface area contributed by atoms with Crippen LogP contribution in [0.5, 0.6) is 0 Å².